The fourth-order valence-corrected chi connectivity index (χ4v) is 2.27. The Balaban J connectivity index is 2.16. The summed E-state index contributed by atoms with van der Waals surface area (Å²) in [5.41, 5.74) is 1.74. The lowest BCUT2D eigenvalue weighted by Gasteiger charge is -2.18. The summed E-state index contributed by atoms with van der Waals surface area (Å²) in [6.45, 7) is 2.05. The average molecular weight is 317 g/mol. The first kappa shape index (κ1) is 16.8. The van der Waals surface area contributed by atoms with Crippen LogP contribution in [0.4, 0.5) is 4.39 Å². The van der Waals surface area contributed by atoms with E-state index >= 15 is 0 Å². The van der Waals surface area contributed by atoms with Gasteiger partial charge >= 0.3 is 0 Å². The van der Waals surface area contributed by atoms with Crippen LogP contribution in [0.1, 0.15) is 21.5 Å². The number of carbonyl (C=O) groups excluding carboxylic acids is 1. The molecule has 0 fully saturated rings. The number of hydrogen-bond donors (Lipinski definition) is 0. The second-order valence-electron chi connectivity index (χ2n) is 5.31. The highest BCUT2D eigenvalue weighted by molar-refractivity contribution is 5.94. The Labute approximate surface area is 135 Å². The maximum atomic E-state index is 13.6. The number of amides is 1. The number of nitrogens with zero attached hydrogens (tertiary/aromatic N) is 1. The Morgan fingerprint density at radius 3 is 2.39 bits per heavy atom. The van der Waals surface area contributed by atoms with Gasteiger partial charge in [-0.05, 0) is 42.3 Å². The first-order valence-corrected chi connectivity index (χ1v) is 7.18. The molecular weight excluding hydrogens is 297 g/mol. The molecular formula is C18H20FNO3. The summed E-state index contributed by atoms with van der Waals surface area (Å²) in [6.07, 6.45) is 0. The zero-order valence-corrected chi connectivity index (χ0v) is 13.7. The molecule has 0 aromatic heterocycles. The van der Waals surface area contributed by atoms with E-state index in [0.29, 0.717) is 29.2 Å². The normalized spacial score (nSPS) is 10.3. The summed E-state index contributed by atoms with van der Waals surface area (Å²) in [4.78, 5) is 13.9. The van der Waals surface area contributed by atoms with Crippen LogP contribution < -0.4 is 9.47 Å². The van der Waals surface area contributed by atoms with Crippen molar-refractivity contribution in [3.8, 4) is 11.5 Å². The standard InChI is InChI=1S/C18H20FNO3/c1-12-5-7-14(10-15(12)19)18(21)20(2)11-13-6-8-16(22-3)17(9-13)23-4/h5-10H,11H2,1-4H3. The van der Waals surface area contributed by atoms with E-state index < -0.39 is 0 Å². The molecule has 0 aliphatic carbocycles. The lowest BCUT2D eigenvalue weighted by Crippen LogP contribution is -2.26. The molecule has 0 aliphatic rings. The Morgan fingerprint density at radius 1 is 1.09 bits per heavy atom. The largest absolute Gasteiger partial charge is 0.493 e. The van der Waals surface area contributed by atoms with Crippen molar-refractivity contribution < 1.29 is 18.7 Å². The second kappa shape index (κ2) is 7.13. The van der Waals surface area contributed by atoms with Crippen LogP contribution in [0.3, 0.4) is 0 Å². The van der Waals surface area contributed by atoms with E-state index in [1.165, 1.54) is 11.0 Å². The third-order valence-corrected chi connectivity index (χ3v) is 3.63. The highest BCUT2D eigenvalue weighted by Crippen LogP contribution is 2.28. The van der Waals surface area contributed by atoms with Crippen molar-refractivity contribution >= 4 is 5.91 Å². The zero-order chi connectivity index (χ0) is 17.0. The Morgan fingerprint density at radius 2 is 1.78 bits per heavy atom. The van der Waals surface area contributed by atoms with Crippen LogP contribution in [0.2, 0.25) is 0 Å². The molecule has 23 heavy (non-hydrogen) atoms. The van der Waals surface area contributed by atoms with Gasteiger partial charge in [-0.3, -0.25) is 4.79 Å². The van der Waals surface area contributed by atoms with Crippen LogP contribution in [0.5, 0.6) is 11.5 Å². The summed E-state index contributed by atoms with van der Waals surface area (Å²) in [6, 6.07) is 9.97. The van der Waals surface area contributed by atoms with Crippen LogP contribution in [-0.4, -0.2) is 32.1 Å². The molecule has 2 aromatic carbocycles. The summed E-state index contributed by atoms with van der Waals surface area (Å²) in [5.74, 6) is 0.618. The number of benzene rings is 2. The number of halogens is 1. The molecule has 0 spiro atoms. The summed E-state index contributed by atoms with van der Waals surface area (Å²) in [7, 11) is 4.81. The van der Waals surface area contributed by atoms with Gasteiger partial charge in [0.15, 0.2) is 11.5 Å². The third-order valence-electron chi connectivity index (χ3n) is 3.63. The van der Waals surface area contributed by atoms with Gasteiger partial charge in [0, 0.05) is 19.2 Å². The first-order valence-electron chi connectivity index (χ1n) is 7.18. The summed E-state index contributed by atoms with van der Waals surface area (Å²) < 4.78 is 24.1. The van der Waals surface area contributed by atoms with E-state index in [4.69, 9.17) is 9.47 Å². The Hall–Kier alpha value is -2.56. The lowest BCUT2D eigenvalue weighted by atomic mass is 10.1. The predicted octanol–water partition coefficient (Wildman–Crippen LogP) is 3.42. The fraction of sp³-hybridized carbons (Fsp3) is 0.278. The predicted molar refractivity (Wildman–Crippen MR) is 86.5 cm³/mol. The topological polar surface area (TPSA) is 38.8 Å². The van der Waals surface area contributed by atoms with Crippen LogP contribution >= 0.6 is 0 Å². The minimum absolute atomic E-state index is 0.237. The van der Waals surface area contributed by atoms with Crippen LogP contribution in [0.25, 0.3) is 0 Å². The van der Waals surface area contributed by atoms with Gasteiger partial charge in [0.05, 0.1) is 14.2 Å². The quantitative estimate of drug-likeness (QED) is 0.848. The van der Waals surface area contributed by atoms with Gasteiger partial charge in [-0.15, -0.1) is 0 Å². The summed E-state index contributed by atoms with van der Waals surface area (Å²) >= 11 is 0. The van der Waals surface area contributed by atoms with E-state index in [1.807, 2.05) is 12.1 Å². The van der Waals surface area contributed by atoms with Gasteiger partial charge in [0.1, 0.15) is 5.82 Å². The van der Waals surface area contributed by atoms with Crippen molar-refractivity contribution in [2.75, 3.05) is 21.3 Å². The van der Waals surface area contributed by atoms with Crippen molar-refractivity contribution in [2.45, 2.75) is 13.5 Å². The number of methoxy groups -OCH3 is 2. The summed E-state index contributed by atoms with van der Waals surface area (Å²) in [5, 5.41) is 0. The van der Waals surface area contributed by atoms with Crippen molar-refractivity contribution in [2.24, 2.45) is 0 Å². The molecule has 0 bridgehead atoms. The molecule has 0 unspecified atom stereocenters. The molecule has 0 atom stereocenters. The number of rotatable bonds is 5. The van der Waals surface area contributed by atoms with Crippen LogP contribution in [0, 0.1) is 12.7 Å². The van der Waals surface area contributed by atoms with Gasteiger partial charge in [-0.2, -0.15) is 0 Å². The van der Waals surface area contributed by atoms with E-state index in [1.54, 1.807) is 46.4 Å². The van der Waals surface area contributed by atoms with Crippen molar-refractivity contribution in [3.05, 3.63) is 58.9 Å². The highest BCUT2D eigenvalue weighted by atomic mass is 19.1. The van der Waals surface area contributed by atoms with Gasteiger partial charge in [-0.1, -0.05) is 12.1 Å². The second-order valence-corrected chi connectivity index (χ2v) is 5.31. The lowest BCUT2D eigenvalue weighted by molar-refractivity contribution is 0.0784. The maximum Gasteiger partial charge on any atom is 0.253 e. The molecule has 0 aliphatic heterocycles. The number of ether oxygens (including phenoxy) is 2. The molecule has 0 saturated heterocycles. The van der Waals surface area contributed by atoms with Crippen LogP contribution in [0.15, 0.2) is 36.4 Å². The molecule has 0 heterocycles. The van der Waals surface area contributed by atoms with Gasteiger partial charge in [0.2, 0.25) is 0 Å². The van der Waals surface area contributed by atoms with Gasteiger partial charge < -0.3 is 14.4 Å². The molecule has 0 saturated carbocycles. The molecule has 5 heteroatoms. The van der Waals surface area contributed by atoms with Crippen molar-refractivity contribution in [1.29, 1.82) is 0 Å². The SMILES string of the molecule is COc1ccc(CN(C)C(=O)c2ccc(C)c(F)c2)cc1OC. The minimum atomic E-state index is -0.379. The molecule has 2 rings (SSSR count). The number of carbonyl (C=O) groups is 1. The van der Waals surface area contributed by atoms with E-state index in [0.717, 1.165) is 5.56 Å². The maximum absolute atomic E-state index is 13.6. The number of hydrogen-bond acceptors (Lipinski definition) is 3. The third kappa shape index (κ3) is 3.80. The fourth-order valence-electron chi connectivity index (χ4n) is 2.27. The zero-order valence-electron chi connectivity index (χ0n) is 13.7. The Kier molecular flexibility index (Phi) is 5.21. The molecule has 4 nitrogen and oxygen atoms in total. The first-order chi connectivity index (χ1) is 11.0. The molecule has 122 valence electrons. The highest BCUT2D eigenvalue weighted by Gasteiger charge is 2.14. The Bertz CT molecular complexity index is 715. The smallest absolute Gasteiger partial charge is 0.253 e. The van der Waals surface area contributed by atoms with E-state index in [-0.39, 0.29) is 11.7 Å². The molecule has 2 aromatic rings. The number of aryl methyl sites for hydroxylation is 1. The van der Waals surface area contributed by atoms with Gasteiger partial charge in [-0.25, -0.2) is 4.39 Å². The van der Waals surface area contributed by atoms with Gasteiger partial charge in [0.25, 0.3) is 5.91 Å². The van der Waals surface area contributed by atoms with Crippen molar-refractivity contribution in [3.63, 3.8) is 0 Å². The van der Waals surface area contributed by atoms with E-state index in [2.05, 4.69) is 0 Å². The molecule has 1 amide bonds. The molecule has 0 N–H and O–H groups in total. The average Bonchev–Trinajstić information content (AvgIpc) is 2.56. The molecule has 0 radical (unpaired) electrons. The van der Waals surface area contributed by atoms with Crippen molar-refractivity contribution in [1.82, 2.24) is 4.90 Å². The monoisotopic (exact) mass is 317 g/mol. The minimum Gasteiger partial charge on any atom is -0.493 e. The van der Waals surface area contributed by atoms with Crippen LogP contribution in [-0.2, 0) is 6.54 Å². The van der Waals surface area contributed by atoms with E-state index in [9.17, 15) is 9.18 Å².